The van der Waals surface area contributed by atoms with Crippen LogP contribution in [0.25, 0.3) is 16.8 Å². The van der Waals surface area contributed by atoms with E-state index in [4.69, 9.17) is 5.73 Å². The first-order valence-corrected chi connectivity index (χ1v) is 8.66. The first-order chi connectivity index (χ1) is 12.6. The van der Waals surface area contributed by atoms with Gasteiger partial charge in [0.2, 0.25) is 0 Å². The molecule has 1 heterocycles. The molecule has 134 valence electrons. The van der Waals surface area contributed by atoms with E-state index < -0.39 is 0 Å². The lowest BCUT2D eigenvalue weighted by molar-refractivity contribution is 0.0943. The summed E-state index contributed by atoms with van der Waals surface area (Å²) in [5, 5.41) is 11.0. The van der Waals surface area contributed by atoms with Crippen molar-refractivity contribution in [1.29, 1.82) is 0 Å². The van der Waals surface area contributed by atoms with E-state index in [1.165, 1.54) is 0 Å². The number of amides is 1. The topological polar surface area (TPSA) is 85.8 Å². The lowest BCUT2D eigenvalue weighted by atomic mass is 10.1. The molecule has 0 bridgehead atoms. The van der Waals surface area contributed by atoms with Crippen LogP contribution in [0.1, 0.15) is 23.1 Å². The van der Waals surface area contributed by atoms with Gasteiger partial charge in [0.1, 0.15) is 0 Å². The van der Waals surface area contributed by atoms with Crippen molar-refractivity contribution in [2.45, 2.75) is 13.8 Å². The Kier molecular flexibility index (Phi) is 5.43. The minimum Gasteiger partial charge on any atom is -0.350 e. The number of nitrogens with zero attached hydrogens (tertiary/aromatic N) is 3. The van der Waals surface area contributed by atoms with Crippen LogP contribution in [0.2, 0.25) is 0 Å². The summed E-state index contributed by atoms with van der Waals surface area (Å²) in [4.78, 5) is 12.3. The van der Waals surface area contributed by atoms with Gasteiger partial charge in [0.15, 0.2) is 5.69 Å². The predicted molar refractivity (Wildman–Crippen MR) is 102 cm³/mol. The average Bonchev–Trinajstić information content (AvgIpc) is 3.08. The van der Waals surface area contributed by atoms with Crippen LogP contribution in [-0.2, 0) is 0 Å². The van der Waals surface area contributed by atoms with Crippen molar-refractivity contribution in [2.75, 3.05) is 13.1 Å². The van der Waals surface area contributed by atoms with Gasteiger partial charge in [-0.3, -0.25) is 4.79 Å². The van der Waals surface area contributed by atoms with Gasteiger partial charge in [-0.15, -0.1) is 5.10 Å². The number of carbonyl (C=O) groups excluding carboxylic acids is 1. The minimum atomic E-state index is -0.227. The summed E-state index contributed by atoms with van der Waals surface area (Å²) < 4.78 is 1.68. The van der Waals surface area contributed by atoms with Gasteiger partial charge in [-0.2, -0.15) is 0 Å². The third-order valence-electron chi connectivity index (χ3n) is 4.34. The first kappa shape index (κ1) is 17.8. The molecule has 0 aliphatic rings. The van der Waals surface area contributed by atoms with Gasteiger partial charge in [0.05, 0.1) is 11.4 Å². The summed E-state index contributed by atoms with van der Waals surface area (Å²) in [6.45, 7) is 4.87. The van der Waals surface area contributed by atoms with E-state index in [1.807, 2.05) is 56.3 Å². The summed E-state index contributed by atoms with van der Waals surface area (Å²) in [5.74, 6) is -0.00483. The molecule has 1 atom stereocenters. The van der Waals surface area contributed by atoms with Gasteiger partial charge in [0, 0.05) is 6.54 Å². The third-order valence-corrected chi connectivity index (χ3v) is 4.34. The van der Waals surface area contributed by atoms with Crippen LogP contribution in [0.3, 0.4) is 0 Å². The number of rotatable bonds is 6. The summed E-state index contributed by atoms with van der Waals surface area (Å²) in [6.07, 6.45) is 0. The van der Waals surface area contributed by atoms with E-state index in [2.05, 4.69) is 27.8 Å². The normalized spacial score (nSPS) is 12.0. The zero-order valence-electron chi connectivity index (χ0n) is 15.0. The van der Waals surface area contributed by atoms with E-state index in [-0.39, 0.29) is 11.8 Å². The van der Waals surface area contributed by atoms with Gasteiger partial charge in [0.25, 0.3) is 5.91 Å². The van der Waals surface area contributed by atoms with E-state index in [1.54, 1.807) is 4.68 Å². The maximum atomic E-state index is 12.3. The molecule has 1 aromatic heterocycles. The quantitative estimate of drug-likeness (QED) is 0.716. The number of carbonyl (C=O) groups is 1. The molecule has 0 aliphatic heterocycles. The Labute approximate surface area is 153 Å². The molecule has 3 rings (SSSR count). The standard InChI is InChI=1S/C20H23N5O/c1-14(12-21)13-22-20(26)19-15(2)25(24-23-19)18-10-8-17(9-11-18)16-6-4-3-5-7-16/h3-11,14H,12-13,21H2,1-2H3,(H,22,26). The molecule has 6 nitrogen and oxygen atoms in total. The van der Waals surface area contributed by atoms with Crippen LogP contribution in [-0.4, -0.2) is 34.0 Å². The Bertz CT molecular complexity index is 871. The summed E-state index contributed by atoms with van der Waals surface area (Å²) in [5.41, 5.74) is 9.76. The Morgan fingerprint density at radius 1 is 1.12 bits per heavy atom. The van der Waals surface area contributed by atoms with Crippen molar-refractivity contribution < 1.29 is 4.79 Å². The predicted octanol–water partition coefficient (Wildman–Crippen LogP) is 2.57. The number of benzene rings is 2. The fourth-order valence-electron chi connectivity index (χ4n) is 2.64. The zero-order chi connectivity index (χ0) is 18.5. The van der Waals surface area contributed by atoms with Crippen molar-refractivity contribution in [1.82, 2.24) is 20.3 Å². The molecule has 0 aliphatic carbocycles. The summed E-state index contributed by atoms with van der Waals surface area (Å²) in [6, 6.07) is 18.2. The third kappa shape index (κ3) is 3.81. The van der Waals surface area contributed by atoms with Crippen molar-refractivity contribution >= 4 is 5.91 Å². The summed E-state index contributed by atoms with van der Waals surface area (Å²) in [7, 11) is 0. The Morgan fingerprint density at radius 3 is 2.42 bits per heavy atom. The number of hydrogen-bond acceptors (Lipinski definition) is 4. The van der Waals surface area contributed by atoms with Gasteiger partial charge in [-0.05, 0) is 42.6 Å². The van der Waals surface area contributed by atoms with Crippen molar-refractivity contribution in [2.24, 2.45) is 11.7 Å². The van der Waals surface area contributed by atoms with Crippen molar-refractivity contribution in [3.05, 3.63) is 66.0 Å². The Balaban J connectivity index is 1.78. The molecule has 3 aromatic rings. The van der Waals surface area contributed by atoms with Gasteiger partial charge < -0.3 is 11.1 Å². The lowest BCUT2D eigenvalue weighted by Crippen LogP contribution is -2.31. The number of nitrogens with two attached hydrogens (primary N) is 1. The second-order valence-electron chi connectivity index (χ2n) is 6.40. The highest BCUT2D eigenvalue weighted by Gasteiger charge is 2.17. The van der Waals surface area contributed by atoms with Crippen LogP contribution in [0.15, 0.2) is 54.6 Å². The maximum Gasteiger partial charge on any atom is 0.273 e. The Hall–Kier alpha value is -2.99. The molecule has 1 amide bonds. The fourth-order valence-corrected chi connectivity index (χ4v) is 2.64. The van der Waals surface area contributed by atoms with E-state index in [0.717, 1.165) is 16.8 Å². The van der Waals surface area contributed by atoms with E-state index in [0.29, 0.717) is 24.5 Å². The highest BCUT2D eigenvalue weighted by Crippen LogP contribution is 2.21. The number of aromatic nitrogens is 3. The van der Waals surface area contributed by atoms with Gasteiger partial charge >= 0.3 is 0 Å². The van der Waals surface area contributed by atoms with Gasteiger partial charge in [-0.25, -0.2) is 4.68 Å². The molecule has 0 saturated carbocycles. The van der Waals surface area contributed by atoms with Crippen LogP contribution < -0.4 is 11.1 Å². The van der Waals surface area contributed by atoms with E-state index in [9.17, 15) is 4.79 Å². The number of hydrogen-bond donors (Lipinski definition) is 2. The molecule has 0 radical (unpaired) electrons. The molecule has 0 saturated heterocycles. The van der Waals surface area contributed by atoms with Crippen LogP contribution >= 0.6 is 0 Å². The van der Waals surface area contributed by atoms with Crippen molar-refractivity contribution in [3.63, 3.8) is 0 Å². The second kappa shape index (κ2) is 7.93. The molecule has 1 unspecified atom stereocenters. The van der Waals surface area contributed by atoms with Gasteiger partial charge in [-0.1, -0.05) is 54.6 Å². The molecule has 26 heavy (non-hydrogen) atoms. The monoisotopic (exact) mass is 349 g/mol. The summed E-state index contributed by atoms with van der Waals surface area (Å²) >= 11 is 0. The lowest BCUT2D eigenvalue weighted by Gasteiger charge is -2.09. The molecule has 6 heteroatoms. The van der Waals surface area contributed by atoms with Crippen LogP contribution in [0, 0.1) is 12.8 Å². The molecular weight excluding hydrogens is 326 g/mol. The molecule has 0 spiro atoms. The average molecular weight is 349 g/mol. The molecule has 3 N–H and O–H groups in total. The Morgan fingerprint density at radius 2 is 1.77 bits per heavy atom. The minimum absolute atomic E-state index is 0.222. The molecule has 0 fully saturated rings. The van der Waals surface area contributed by atoms with Crippen LogP contribution in [0.5, 0.6) is 0 Å². The molecular formula is C20H23N5O. The SMILES string of the molecule is Cc1c(C(=O)NCC(C)CN)nnn1-c1ccc(-c2ccccc2)cc1. The second-order valence-corrected chi connectivity index (χ2v) is 6.40. The van der Waals surface area contributed by atoms with E-state index >= 15 is 0 Å². The van der Waals surface area contributed by atoms with Crippen molar-refractivity contribution in [3.8, 4) is 16.8 Å². The van der Waals surface area contributed by atoms with Crippen LogP contribution in [0.4, 0.5) is 0 Å². The first-order valence-electron chi connectivity index (χ1n) is 8.66. The smallest absolute Gasteiger partial charge is 0.273 e. The largest absolute Gasteiger partial charge is 0.350 e. The molecule has 2 aromatic carbocycles. The highest BCUT2D eigenvalue weighted by molar-refractivity contribution is 5.93. The fraction of sp³-hybridized carbons (Fsp3) is 0.250. The highest BCUT2D eigenvalue weighted by atomic mass is 16.2. The number of nitrogens with one attached hydrogen (secondary N) is 1. The maximum absolute atomic E-state index is 12.3. The zero-order valence-corrected chi connectivity index (χ0v) is 15.0.